The molecule has 0 aliphatic carbocycles. The van der Waals surface area contributed by atoms with E-state index in [-0.39, 0.29) is 18.4 Å². The zero-order valence-electron chi connectivity index (χ0n) is 10.7. The third kappa shape index (κ3) is 7.03. The Morgan fingerprint density at radius 1 is 1.37 bits per heavy atom. The van der Waals surface area contributed by atoms with Crippen molar-refractivity contribution in [3.63, 3.8) is 0 Å². The van der Waals surface area contributed by atoms with Gasteiger partial charge in [0.15, 0.2) is 0 Å². The van der Waals surface area contributed by atoms with Crippen molar-refractivity contribution in [2.24, 2.45) is 0 Å². The van der Waals surface area contributed by atoms with E-state index in [1.807, 2.05) is 6.92 Å². The number of ether oxygens (including phenoxy) is 1. The predicted molar refractivity (Wildman–Crippen MR) is 65.7 cm³/mol. The first-order valence-corrected chi connectivity index (χ1v) is 6.09. The second-order valence-electron chi connectivity index (χ2n) is 4.34. The molecule has 0 spiro atoms. The van der Waals surface area contributed by atoms with Crippen molar-refractivity contribution in [1.29, 1.82) is 0 Å². The van der Waals surface area contributed by atoms with Gasteiger partial charge in [-0.05, 0) is 37.5 Å². The Labute approximate surface area is 110 Å². The molecule has 0 saturated heterocycles. The van der Waals surface area contributed by atoms with Crippen LogP contribution in [0.2, 0.25) is 0 Å². The van der Waals surface area contributed by atoms with Gasteiger partial charge < -0.3 is 15.2 Å². The second kappa shape index (κ2) is 7.35. The molecule has 0 aliphatic rings. The first-order valence-electron chi connectivity index (χ1n) is 6.09. The molecule has 19 heavy (non-hydrogen) atoms. The van der Waals surface area contributed by atoms with Crippen molar-refractivity contribution < 1.29 is 23.0 Å². The molecule has 0 aromatic heterocycles. The Balaban J connectivity index is 2.48. The van der Waals surface area contributed by atoms with Crippen LogP contribution in [0.1, 0.15) is 25.3 Å². The summed E-state index contributed by atoms with van der Waals surface area (Å²) in [6, 6.07) is 6.08. The minimum absolute atomic E-state index is 0.140. The fraction of sp³-hybridized carbons (Fsp3) is 0.538. The van der Waals surface area contributed by atoms with E-state index in [2.05, 4.69) is 10.1 Å². The van der Waals surface area contributed by atoms with Gasteiger partial charge in [0.2, 0.25) is 0 Å². The number of aliphatic hydroxyl groups is 1. The van der Waals surface area contributed by atoms with Crippen LogP contribution in [0.25, 0.3) is 0 Å². The SMILES string of the molecule is CC(CCCO)NCc1cccc(OC(F)(F)F)c1. The number of hydrogen-bond donors (Lipinski definition) is 2. The van der Waals surface area contributed by atoms with Crippen LogP contribution in [0.5, 0.6) is 5.75 Å². The highest BCUT2D eigenvalue weighted by Gasteiger charge is 2.31. The summed E-state index contributed by atoms with van der Waals surface area (Å²) in [6.07, 6.45) is -3.15. The molecule has 3 nitrogen and oxygen atoms in total. The maximum atomic E-state index is 12.1. The molecule has 1 unspecified atom stereocenters. The van der Waals surface area contributed by atoms with E-state index in [9.17, 15) is 13.2 Å². The van der Waals surface area contributed by atoms with Crippen LogP contribution >= 0.6 is 0 Å². The smallest absolute Gasteiger partial charge is 0.406 e. The highest BCUT2D eigenvalue weighted by Crippen LogP contribution is 2.23. The maximum absolute atomic E-state index is 12.1. The molecular weight excluding hydrogens is 259 g/mol. The van der Waals surface area contributed by atoms with Gasteiger partial charge in [0.1, 0.15) is 5.75 Å². The molecule has 0 fully saturated rings. The minimum atomic E-state index is -4.67. The predicted octanol–water partition coefficient (Wildman–Crippen LogP) is 2.84. The standard InChI is InChI=1S/C13H18F3NO2/c1-10(4-3-7-18)17-9-11-5-2-6-12(8-11)19-13(14,15)16/h2,5-6,8,10,17-18H,3-4,7,9H2,1H3. The third-order valence-electron chi connectivity index (χ3n) is 2.58. The Kier molecular flexibility index (Phi) is 6.11. The van der Waals surface area contributed by atoms with Crippen molar-refractivity contribution in [3.05, 3.63) is 29.8 Å². The first-order chi connectivity index (χ1) is 8.90. The molecule has 1 aromatic carbocycles. The van der Waals surface area contributed by atoms with Gasteiger partial charge in [0.25, 0.3) is 0 Å². The van der Waals surface area contributed by atoms with Crippen LogP contribution in [0.4, 0.5) is 13.2 Å². The van der Waals surface area contributed by atoms with Gasteiger partial charge in [0, 0.05) is 19.2 Å². The van der Waals surface area contributed by atoms with E-state index >= 15 is 0 Å². The van der Waals surface area contributed by atoms with Crippen LogP contribution in [-0.2, 0) is 6.54 Å². The van der Waals surface area contributed by atoms with Crippen LogP contribution in [-0.4, -0.2) is 24.1 Å². The minimum Gasteiger partial charge on any atom is -0.406 e. The van der Waals surface area contributed by atoms with Crippen molar-refractivity contribution >= 4 is 0 Å². The number of rotatable bonds is 7. The van der Waals surface area contributed by atoms with Crippen LogP contribution in [0.15, 0.2) is 24.3 Å². The Morgan fingerprint density at radius 3 is 2.74 bits per heavy atom. The lowest BCUT2D eigenvalue weighted by Crippen LogP contribution is -2.25. The average Bonchev–Trinajstić information content (AvgIpc) is 2.32. The lowest BCUT2D eigenvalue weighted by atomic mass is 10.1. The molecule has 1 aromatic rings. The van der Waals surface area contributed by atoms with E-state index in [0.29, 0.717) is 13.0 Å². The van der Waals surface area contributed by atoms with Crippen LogP contribution in [0.3, 0.4) is 0 Å². The topological polar surface area (TPSA) is 41.5 Å². The molecule has 1 rings (SSSR count). The van der Waals surface area contributed by atoms with Gasteiger partial charge in [-0.3, -0.25) is 0 Å². The monoisotopic (exact) mass is 277 g/mol. The number of nitrogens with one attached hydrogen (secondary N) is 1. The molecule has 1 atom stereocenters. The number of halogens is 3. The van der Waals surface area contributed by atoms with E-state index in [1.165, 1.54) is 18.2 Å². The Hall–Kier alpha value is -1.27. The van der Waals surface area contributed by atoms with Crippen LogP contribution < -0.4 is 10.1 Å². The fourth-order valence-electron chi connectivity index (χ4n) is 1.64. The normalized spacial score (nSPS) is 13.3. The summed E-state index contributed by atoms with van der Waals surface area (Å²) >= 11 is 0. The summed E-state index contributed by atoms with van der Waals surface area (Å²) in [5.41, 5.74) is 0.720. The van der Waals surface area contributed by atoms with Gasteiger partial charge in [-0.1, -0.05) is 12.1 Å². The summed E-state index contributed by atoms with van der Waals surface area (Å²) in [6.45, 7) is 2.56. The zero-order chi connectivity index (χ0) is 14.3. The van der Waals surface area contributed by atoms with Crippen molar-refractivity contribution in [1.82, 2.24) is 5.32 Å². The van der Waals surface area contributed by atoms with Crippen molar-refractivity contribution in [2.45, 2.75) is 38.7 Å². The molecule has 0 saturated carbocycles. The summed E-state index contributed by atoms with van der Waals surface area (Å²) in [4.78, 5) is 0. The Bertz CT molecular complexity index is 382. The van der Waals surface area contributed by atoms with Gasteiger partial charge in [-0.25, -0.2) is 0 Å². The first kappa shape index (κ1) is 15.8. The molecule has 0 aliphatic heterocycles. The molecule has 0 amide bonds. The number of benzene rings is 1. The molecule has 0 radical (unpaired) electrons. The number of aliphatic hydroxyl groups excluding tert-OH is 1. The van der Waals surface area contributed by atoms with Gasteiger partial charge >= 0.3 is 6.36 Å². The summed E-state index contributed by atoms with van der Waals surface area (Å²) in [5.74, 6) is -0.213. The molecule has 0 bridgehead atoms. The highest BCUT2D eigenvalue weighted by molar-refractivity contribution is 5.28. The van der Waals surface area contributed by atoms with Gasteiger partial charge in [-0.15, -0.1) is 13.2 Å². The largest absolute Gasteiger partial charge is 0.573 e. The average molecular weight is 277 g/mol. The van der Waals surface area contributed by atoms with Crippen molar-refractivity contribution in [2.75, 3.05) is 6.61 Å². The van der Waals surface area contributed by atoms with Crippen molar-refractivity contribution in [3.8, 4) is 5.75 Å². The third-order valence-corrected chi connectivity index (χ3v) is 2.58. The molecule has 2 N–H and O–H groups in total. The van der Waals surface area contributed by atoms with Crippen LogP contribution in [0, 0.1) is 0 Å². The van der Waals surface area contributed by atoms with E-state index in [0.717, 1.165) is 12.0 Å². The van der Waals surface area contributed by atoms with Gasteiger partial charge in [0.05, 0.1) is 0 Å². The lowest BCUT2D eigenvalue weighted by Gasteiger charge is -2.14. The van der Waals surface area contributed by atoms with E-state index in [4.69, 9.17) is 5.11 Å². The lowest BCUT2D eigenvalue weighted by molar-refractivity contribution is -0.274. The molecule has 0 heterocycles. The second-order valence-corrected chi connectivity index (χ2v) is 4.34. The summed E-state index contributed by atoms with van der Waals surface area (Å²) in [7, 11) is 0. The van der Waals surface area contributed by atoms with E-state index < -0.39 is 6.36 Å². The molecular formula is C13H18F3NO2. The quantitative estimate of drug-likeness (QED) is 0.805. The highest BCUT2D eigenvalue weighted by atomic mass is 19.4. The molecule has 108 valence electrons. The number of alkyl halides is 3. The maximum Gasteiger partial charge on any atom is 0.573 e. The number of hydrogen-bond acceptors (Lipinski definition) is 3. The fourth-order valence-corrected chi connectivity index (χ4v) is 1.64. The summed E-state index contributed by atoms with van der Waals surface area (Å²) in [5, 5.41) is 11.9. The van der Waals surface area contributed by atoms with Gasteiger partial charge in [-0.2, -0.15) is 0 Å². The summed E-state index contributed by atoms with van der Waals surface area (Å²) < 4.78 is 40.0. The molecule has 6 heteroatoms. The Morgan fingerprint density at radius 2 is 2.11 bits per heavy atom. The zero-order valence-corrected chi connectivity index (χ0v) is 10.7. The van der Waals surface area contributed by atoms with E-state index in [1.54, 1.807) is 6.07 Å².